The van der Waals surface area contributed by atoms with Gasteiger partial charge in [0, 0.05) is 0 Å². The number of ketones is 1. The van der Waals surface area contributed by atoms with Crippen LogP contribution in [-0.2, 0) is 9.53 Å². The largest absolute Gasteiger partial charge is 0.493 e. The molecule has 0 saturated heterocycles. The zero-order chi connectivity index (χ0) is 14.8. The van der Waals surface area contributed by atoms with Gasteiger partial charge in [0.05, 0.1) is 25.2 Å². The molecule has 1 aromatic carbocycles. The van der Waals surface area contributed by atoms with Crippen molar-refractivity contribution >= 4 is 11.8 Å². The van der Waals surface area contributed by atoms with Crippen molar-refractivity contribution in [3.63, 3.8) is 0 Å². The summed E-state index contributed by atoms with van der Waals surface area (Å²) in [5.74, 6) is 0.694. The lowest BCUT2D eigenvalue weighted by molar-refractivity contribution is -0.123. The maximum atomic E-state index is 11.5. The van der Waals surface area contributed by atoms with E-state index in [2.05, 4.69) is 4.74 Å². The highest BCUT2D eigenvalue weighted by Gasteiger charge is 2.48. The summed E-state index contributed by atoms with van der Waals surface area (Å²) in [5.41, 5.74) is 0.0656. The smallest absolute Gasteiger partial charge is 0.337 e. The molecule has 5 heteroatoms. The zero-order valence-electron chi connectivity index (χ0n) is 11.9. The van der Waals surface area contributed by atoms with E-state index in [0.717, 1.165) is 12.8 Å². The molecule has 0 spiro atoms. The molecule has 1 saturated carbocycles. The maximum Gasteiger partial charge on any atom is 0.337 e. The van der Waals surface area contributed by atoms with Gasteiger partial charge in [-0.3, -0.25) is 4.79 Å². The highest BCUT2D eigenvalue weighted by Crippen LogP contribution is 2.47. The minimum Gasteiger partial charge on any atom is -0.493 e. The van der Waals surface area contributed by atoms with Crippen molar-refractivity contribution in [3.05, 3.63) is 23.8 Å². The molecular formula is C15H18O5. The van der Waals surface area contributed by atoms with Crippen molar-refractivity contribution in [1.82, 2.24) is 0 Å². The summed E-state index contributed by atoms with van der Waals surface area (Å²) in [6.45, 7) is 1.93. The minimum atomic E-state index is -0.433. The first-order valence-corrected chi connectivity index (χ1v) is 6.42. The summed E-state index contributed by atoms with van der Waals surface area (Å²) in [6, 6.07) is 4.83. The summed E-state index contributed by atoms with van der Waals surface area (Å²) >= 11 is 0. The van der Waals surface area contributed by atoms with Crippen molar-refractivity contribution in [2.75, 3.05) is 20.8 Å². The number of methoxy groups -OCH3 is 2. The fourth-order valence-electron chi connectivity index (χ4n) is 2.00. The monoisotopic (exact) mass is 278 g/mol. The molecule has 0 radical (unpaired) electrons. The van der Waals surface area contributed by atoms with Crippen LogP contribution in [-0.4, -0.2) is 32.6 Å². The van der Waals surface area contributed by atoms with Crippen LogP contribution < -0.4 is 9.47 Å². The Morgan fingerprint density at radius 3 is 2.40 bits per heavy atom. The highest BCUT2D eigenvalue weighted by molar-refractivity contribution is 5.90. The van der Waals surface area contributed by atoms with Crippen LogP contribution in [0.25, 0.3) is 0 Å². The van der Waals surface area contributed by atoms with Gasteiger partial charge < -0.3 is 14.2 Å². The molecule has 0 unspecified atom stereocenters. The van der Waals surface area contributed by atoms with E-state index in [1.165, 1.54) is 14.2 Å². The molecular weight excluding hydrogens is 260 g/mol. The molecule has 108 valence electrons. The van der Waals surface area contributed by atoms with Crippen LogP contribution in [0.4, 0.5) is 0 Å². The van der Waals surface area contributed by atoms with Gasteiger partial charge in [0.2, 0.25) is 0 Å². The Bertz CT molecular complexity index is 531. The van der Waals surface area contributed by atoms with Crippen LogP contribution in [0.5, 0.6) is 11.5 Å². The Hall–Kier alpha value is -2.04. The van der Waals surface area contributed by atoms with E-state index in [4.69, 9.17) is 9.47 Å². The van der Waals surface area contributed by atoms with Crippen LogP contribution in [0, 0.1) is 5.41 Å². The van der Waals surface area contributed by atoms with Gasteiger partial charge in [0.15, 0.2) is 11.5 Å². The lowest BCUT2D eigenvalue weighted by Crippen LogP contribution is -2.21. The number of benzene rings is 1. The average molecular weight is 278 g/mol. The SMILES string of the molecule is COC(=O)c1ccc(OCC2(C(C)=O)CC2)c(OC)c1. The molecule has 0 heterocycles. The highest BCUT2D eigenvalue weighted by atomic mass is 16.5. The molecule has 1 aromatic rings. The quantitative estimate of drug-likeness (QED) is 0.747. The predicted molar refractivity (Wildman–Crippen MR) is 72.2 cm³/mol. The molecule has 1 fully saturated rings. The number of hydrogen-bond donors (Lipinski definition) is 0. The van der Waals surface area contributed by atoms with Crippen LogP contribution in [0.1, 0.15) is 30.1 Å². The molecule has 0 atom stereocenters. The number of Topliss-reactive ketones (excluding diaryl/α,β-unsaturated/α-hetero) is 1. The third kappa shape index (κ3) is 2.76. The van der Waals surface area contributed by atoms with E-state index in [1.54, 1.807) is 25.1 Å². The van der Waals surface area contributed by atoms with Gasteiger partial charge >= 0.3 is 5.97 Å². The summed E-state index contributed by atoms with van der Waals surface area (Å²) in [6.07, 6.45) is 1.73. The van der Waals surface area contributed by atoms with E-state index in [1.807, 2.05) is 0 Å². The Morgan fingerprint density at radius 2 is 1.90 bits per heavy atom. The normalized spacial score (nSPS) is 15.3. The van der Waals surface area contributed by atoms with Crippen molar-refractivity contribution in [2.45, 2.75) is 19.8 Å². The third-order valence-electron chi connectivity index (χ3n) is 3.69. The fourth-order valence-corrected chi connectivity index (χ4v) is 2.00. The number of hydrogen-bond acceptors (Lipinski definition) is 5. The van der Waals surface area contributed by atoms with E-state index in [0.29, 0.717) is 23.7 Å². The van der Waals surface area contributed by atoms with Crippen LogP contribution >= 0.6 is 0 Å². The molecule has 5 nitrogen and oxygen atoms in total. The number of ether oxygens (including phenoxy) is 3. The van der Waals surface area contributed by atoms with E-state index in [9.17, 15) is 9.59 Å². The summed E-state index contributed by atoms with van der Waals surface area (Å²) in [7, 11) is 2.82. The van der Waals surface area contributed by atoms with Crippen molar-refractivity contribution in [1.29, 1.82) is 0 Å². The molecule has 0 bridgehead atoms. The van der Waals surface area contributed by atoms with Gasteiger partial charge in [0.1, 0.15) is 12.4 Å². The molecule has 1 aliphatic rings. The predicted octanol–water partition coefficient (Wildman–Crippen LogP) is 2.23. The van der Waals surface area contributed by atoms with Crippen molar-refractivity contribution in [3.8, 4) is 11.5 Å². The first-order chi connectivity index (χ1) is 9.52. The first-order valence-electron chi connectivity index (χ1n) is 6.42. The molecule has 0 aliphatic heterocycles. The fraction of sp³-hybridized carbons (Fsp3) is 0.467. The van der Waals surface area contributed by atoms with Crippen molar-refractivity contribution in [2.24, 2.45) is 5.41 Å². The Kier molecular flexibility index (Phi) is 3.97. The lowest BCUT2D eigenvalue weighted by Gasteiger charge is -2.15. The van der Waals surface area contributed by atoms with Gasteiger partial charge in [-0.05, 0) is 38.0 Å². The van der Waals surface area contributed by atoms with E-state index < -0.39 is 5.97 Å². The average Bonchev–Trinajstić information content (AvgIpc) is 3.25. The second-order valence-electron chi connectivity index (χ2n) is 4.98. The first kappa shape index (κ1) is 14.4. The number of carbonyl (C=O) groups excluding carboxylic acids is 2. The minimum absolute atomic E-state index is 0.155. The van der Waals surface area contributed by atoms with E-state index in [-0.39, 0.29) is 11.2 Å². The summed E-state index contributed by atoms with van der Waals surface area (Å²) in [4.78, 5) is 23.0. The second-order valence-corrected chi connectivity index (χ2v) is 4.98. The number of rotatable bonds is 6. The Balaban J connectivity index is 2.12. The second kappa shape index (κ2) is 5.53. The van der Waals surface area contributed by atoms with E-state index >= 15 is 0 Å². The molecule has 0 N–H and O–H groups in total. The number of carbonyl (C=O) groups is 2. The van der Waals surface area contributed by atoms with Gasteiger partial charge in [-0.25, -0.2) is 4.79 Å². The Labute approximate surface area is 117 Å². The summed E-state index contributed by atoms with van der Waals surface area (Å²) < 4.78 is 15.5. The van der Waals surface area contributed by atoms with Crippen LogP contribution in [0.2, 0.25) is 0 Å². The lowest BCUT2D eigenvalue weighted by atomic mass is 10.0. The molecule has 0 aromatic heterocycles. The topological polar surface area (TPSA) is 61.8 Å². The van der Waals surface area contributed by atoms with Gasteiger partial charge in [-0.2, -0.15) is 0 Å². The summed E-state index contributed by atoms with van der Waals surface area (Å²) in [5, 5.41) is 0. The molecule has 2 rings (SSSR count). The molecule has 20 heavy (non-hydrogen) atoms. The van der Waals surface area contributed by atoms with Crippen LogP contribution in [0.15, 0.2) is 18.2 Å². The molecule has 0 amide bonds. The van der Waals surface area contributed by atoms with Crippen molar-refractivity contribution < 1.29 is 23.8 Å². The van der Waals surface area contributed by atoms with Crippen LogP contribution in [0.3, 0.4) is 0 Å². The third-order valence-corrected chi connectivity index (χ3v) is 3.69. The number of esters is 1. The standard InChI is InChI=1S/C15H18O5/c1-10(16)15(6-7-15)9-20-12-5-4-11(14(17)19-3)8-13(12)18-2/h4-5,8H,6-7,9H2,1-3H3. The Morgan fingerprint density at radius 1 is 1.20 bits per heavy atom. The van der Waals surface area contributed by atoms with Gasteiger partial charge in [0.25, 0.3) is 0 Å². The van der Waals surface area contributed by atoms with Gasteiger partial charge in [-0.1, -0.05) is 0 Å². The molecule has 1 aliphatic carbocycles. The van der Waals surface area contributed by atoms with Gasteiger partial charge in [-0.15, -0.1) is 0 Å². The zero-order valence-corrected chi connectivity index (χ0v) is 11.9. The maximum absolute atomic E-state index is 11.5.